The van der Waals surface area contributed by atoms with E-state index in [1.807, 2.05) is 24.3 Å². The van der Waals surface area contributed by atoms with E-state index in [4.69, 9.17) is 4.42 Å². The standard InChI is InChI=1S/C16H18N2O3/c19-14(17-11-16(20)9-3-4-10-16)7-8-15-18-12-5-1-2-6-13(12)21-15/h1-2,5-8,20H,3-4,9-11H2,(H,17,19). The normalized spacial score (nSPS) is 17.6. The molecule has 2 aromatic rings. The summed E-state index contributed by atoms with van der Waals surface area (Å²) in [5, 5.41) is 12.9. The van der Waals surface area contributed by atoms with Gasteiger partial charge in [-0.2, -0.15) is 0 Å². The number of para-hydroxylation sites is 2. The summed E-state index contributed by atoms with van der Waals surface area (Å²) in [6.45, 7) is 0.295. The van der Waals surface area contributed by atoms with Crippen molar-refractivity contribution in [1.29, 1.82) is 0 Å². The van der Waals surface area contributed by atoms with Crippen LogP contribution >= 0.6 is 0 Å². The van der Waals surface area contributed by atoms with Crippen LogP contribution < -0.4 is 5.32 Å². The van der Waals surface area contributed by atoms with Crippen molar-refractivity contribution in [3.63, 3.8) is 0 Å². The molecule has 1 fully saturated rings. The molecule has 0 aliphatic heterocycles. The number of oxazole rings is 1. The highest BCUT2D eigenvalue weighted by molar-refractivity contribution is 5.91. The monoisotopic (exact) mass is 286 g/mol. The molecule has 0 atom stereocenters. The van der Waals surface area contributed by atoms with Crippen LogP contribution in [0, 0.1) is 0 Å². The Morgan fingerprint density at radius 3 is 2.90 bits per heavy atom. The van der Waals surface area contributed by atoms with Crippen molar-refractivity contribution in [3.05, 3.63) is 36.2 Å². The second kappa shape index (κ2) is 5.69. The highest BCUT2D eigenvalue weighted by Gasteiger charge is 2.30. The molecule has 21 heavy (non-hydrogen) atoms. The topological polar surface area (TPSA) is 75.4 Å². The molecule has 5 heteroatoms. The van der Waals surface area contributed by atoms with Crippen molar-refractivity contribution in [1.82, 2.24) is 10.3 Å². The number of nitrogens with zero attached hydrogens (tertiary/aromatic N) is 1. The number of benzene rings is 1. The first-order chi connectivity index (χ1) is 10.1. The highest BCUT2D eigenvalue weighted by Crippen LogP contribution is 2.28. The second-order valence-electron chi connectivity index (χ2n) is 5.50. The van der Waals surface area contributed by atoms with Crippen LogP contribution in [0.5, 0.6) is 0 Å². The lowest BCUT2D eigenvalue weighted by Gasteiger charge is -2.21. The number of carbonyl (C=O) groups is 1. The molecule has 0 unspecified atom stereocenters. The zero-order valence-corrected chi connectivity index (χ0v) is 11.7. The van der Waals surface area contributed by atoms with Crippen LogP contribution in [0.1, 0.15) is 31.6 Å². The van der Waals surface area contributed by atoms with E-state index in [1.54, 1.807) is 0 Å². The van der Waals surface area contributed by atoms with Crippen LogP contribution in [0.4, 0.5) is 0 Å². The van der Waals surface area contributed by atoms with Gasteiger partial charge in [-0.3, -0.25) is 4.79 Å². The largest absolute Gasteiger partial charge is 0.437 e. The molecule has 1 saturated carbocycles. The summed E-state index contributed by atoms with van der Waals surface area (Å²) in [5.74, 6) is 0.142. The first-order valence-electron chi connectivity index (χ1n) is 7.19. The smallest absolute Gasteiger partial charge is 0.244 e. The zero-order chi connectivity index (χ0) is 14.7. The number of amides is 1. The number of rotatable bonds is 4. The van der Waals surface area contributed by atoms with Gasteiger partial charge in [-0.1, -0.05) is 25.0 Å². The van der Waals surface area contributed by atoms with Gasteiger partial charge in [0.1, 0.15) is 5.52 Å². The number of aliphatic hydroxyl groups is 1. The van der Waals surface area contributed by atoms with Gasteiger partial charge in [0.15, 0.2) is 5.58 Å². The predicted molar refractivity (Wildman–Crippen MR) is 79.5 cm³/mol. The molecule has 0 spiro atoms. The number of aromatic nitrogens is 1. The molecule has 0 saturated heterocycles. The molecular formula is C16H18N2O3. The van der Waals surface area contributed by atoms with Crippen LogP contribution in [0.15, 0.2) is 34.8 Å². The summed E-state index contributed by atoms with van der Waals surface area (Å²) in [6, 6.07) is 7.44. The summed E-state index contributed by atoms with van der Waals surface area (Å²) >= 11 is 0. The van der Waals surface area contributed by atoms with Gasteiger partial charge in [0.05, 0.1) is 5.60 Å². The summed E-state index contributed by atoms with van der Waals surface area (Å²) < 4.78 is 5.49. The summed E-state index contributed by atoms with van der Waals surface area (Å²) in [6.07, 6.45) is 6.46. The lowest BCUT2D eigenvalue weighted by atomic mass is 10.0. The molecule has 1 aromatic carbocycles. The molecule has 110 valence electrons. The average Bonchev–Trinajstić information content (AvgIpc) is 3.09. The Labute approximate surface area is 122 Å². The fraction of sp³-hybridized carbons (Fsp3) is 0.375. The highest BCUT2D eigenvalue weighted by atomic mass is 16.3. The number of hydrogen-bond donors (Lipinski definition) is 2. The Morgan fingerprint density at radius 2 is 2.14 bits per heavy atom. The molecule has 3 rings (SSSR count). The first kappa shape index (κ1) is 13.8. The average molecular weight is 286 g/mol. The van der Waals surface area contributed by atoms with Crippen molar-refractivity contribution < 1.29 is 14.3 Å². The molecule has 1 amide bonds. The lowest BCUT2D eigenvalue weighted by molar-refractivity contribution is -0.117. The Morgan fingerprint density at radius 1 is 1.38 bits per heavy atom. The molecule has 0 bridgehead atoms. The van der Waals surface area contributed by atoms with E-state index in [1.165, 1.54) is 12.2 Å². The van der Waals surface area contributed by atoms with Gasteiger partial charge in [-0.15, -0.1) is 0 Å². The van der Waals surface area contributed by atoms with E-state index >= 15 is 0 Å². The summed E-state index contributed by atoms with van der Waals surface area (Å²) in [7, 11) is 0. The van der Waals surface area contributed by atoms with Crippen molar-refractivity contribution in [2.75, 3.05) is 6.54 Å². The minimum Gasteiger partial charge on any atom is -0.437 e. The number of carbonyl (C=O) groups excluding carboxylic acids is 1. The maximum atomic E-state index is 11.8. The van der Waals surface area contributed by atoms with Crippen molar-refractivity contribution >= 4 is 23.1 Å². The number of hydrogen-bond acceptors (Lipinski definition) is 4. The Hall–Kier alpha value is -2.14. The van der Waals surface area contributed by atoms with E-state index < -0.39 is 5.60 Å². The van der Waals surface area contributed by atoms with Gasteiger partial charge < -0.3 is 14.8 Å². The van der Waals surface area contributed by atoms with Crippen molar-refractivity contribution in [2.24, 2.45) is 0 Å². The van der Waals surface area contributed by atoms with Gasteiger partial charge in [0.25, 0.3) is 0 Å². The van der Waals surface area contributed by atoms with E-state index in [2.05, 4.69) is 10.3 Å². The fourth-order valence-electron chi connectivity index (χ4n) is 2.63. The third kappa shape index (κ3) is 3.31. The molecule has 1 heterocycles. The second-order valence-corrected chi connectivity index (χ2v) is 5.50. The van der Waals surface area contributed by atoms with E-state index in [0.29, 0.717) is 18.0 Å². The predicted octanol–water partition coefficient (Wildman–Crippen LogP) is 2.26. The Bertz CT molecular complexity index is 636. The van der Waals surface area contributed by atoms with E-state index in [0.717, 1.165) is 31.2 Å². The van der Waals surface area contributed by atoms with Gasteiger partial charge in [-0.05, 0) is 25.0 Å². The Kier molecular flexibility index (Phi) is 3.75. The van der Waals surface area contributed by atoms with Crippen LogP contribution in [-0.4, -0.2) is 28.1 Å². The van der Waals surface area contributed by atoms with Gasteiger partial charge in [0.2, 0.25) is 11.8 Å². The third-order valence-corrected chi connectivity index (χ3v) is 3.81. The van der Waals surface area contributed by atoms with Gasteiger partial charge in [0, 0.05) is 18.7 Å². The minimum absolute atomic E-state index is 0.252. The summed E-state index contributed by atoms with van der Waals surface area (Å²) in [4.78, 5) is 16.0. The van der Waals surface area contributed by atoms with E-state index in [-0.39, 0.29) is 5.91 Å². The van der Waals surface area contributed by atoms with Crippen LogP contribution in [0.3, 0.4) is 0 Å². The molecular weight excluding hydrogens is 268 g/mol. The maximum absolute atomic E-state index is 11.8. The van der Waals surface area contributed by atoms with Crippen LogP contribution in [0.25, 0.3) is 17.2 Å². The molecule has 1 aliphatic carbocycles. The number of fused-ring (bicyclic) bond motifs is 1. The fourth-order valence-corrected chi connectivity index (χ4v) is 2.63. The van der Waals surface area contributed by atoms with Crippen molar-refractivity contribution in [2.45, 2.75) is 31.3 Å². The molecule has 5 nitrogen and oxygen atoms in total. The molecule has 1 aromatic heterocycles. The first-order valence-corrected chi connectivity index (χ1v) is 7.19. The van der Waals surface area contributed by atoms with Gasteiger partial charge in [-0.25, -0.2) is 4.98 Å². The summed E-state index contributed by atoms with van der Waals surface area (Å²) in [5.41, 5.74) is 0.719. The molecule has 1 aliphatic rings. The van der Waals surface area contributed by atoms with Crippen LogP contribution in [-0.2, 0) is 4.79 Å². The molecule has 2 N–H and O–H groups in total. The maximum Gasteiger partial charge on any atom is 0.244 e. The Balaban J connectivity index is 1.58. The van der Waals surface area contributed by atoms with Gasteiger partial charge >= 0.3 is 0 Å². The number of nitrogens with one attached hydrogen (secondary N) is 1. The molecule has 0 radical (unpaired) electrons. The van der Waals surface area contributed by atoms with Crippen LogP contribution in [0.2, 0.25) is 0 Å². The zero-order valence-electron chi connectivity index (χ0n) is 11.7. The minimum atomic E-state index is -0.735. The quantitative estimate of drug-likeness (QED) is 0.845. The van der Waals surface area contributed by atoms with E-state index in [9.17, 15) is 9.90 Å². The lowest BCUT2D eigenvalue weighted by Crippen LogP contribution is -2.40. The van der Waals surface area contributed by atoms with Crippen molar-refractivity contribution in [3.8, 4) is 0 Å². The third-order valence-electron chi connectivity index (χ3n) is 3.81. The SMILES string of the molecule is O=C(C=Cc1nc2ccccc2o1)NCC1(O)CCCC1.